The van der Waals surface area contributed by atoms with Crippen LogP contribution in [0.2, 0.25) is 0 Å². The molecule has 2 aromatic heterocycles. The van der Waals surface area contributed by atoms with Gasteiger partial charge in [-0.3, -0.25) is 0 Å². The molecule has 0 radical (unpaired) electrons. The van der Waals surface area contributed by atoms with E-state index in [0.717, 1.165) is 12.5 Å². The molecule has 0 aliphatic heterocycles. The van der Waals surface area contributed by atoms with Gasteiger partial charge >= 0.3 is 0 Å². The number of nitrogen functional groups attached to an aromatic ring is 1. The topological polar surface area (TPSA) is 107 Å². The van der Waals surface area contributed by atoms with Crippen LogP contribution in [0.25, 0.3) is 5.95 Å². The summed E-state index contributed by atoms with van der Waals surface area (Å²) >= 11 is 0. The second kappa shape index (κ2) is 6.02. The number of hydrogen-bond donors (Lipinski definition) is 2. The van der Waals surface area contributed by atoms with Crippen LogP contribution in [0.4, 0.5) is 11.9 Å². The minimum absolute atomic E-state index is 0.176. The van der Waals surface area contributed by atoms with Crippen molar-refractivity contribution >= 4 is 11.9 Å². The van der Waals surface area contributed by atoms with Gasteiger partial charge in [-0.15, -0.1) is 0 Å². The van der Waals surface area contributed by atoms with Crippen LogP contribution in [0, 0.1) is 11.8 Å². The minimum atomic E-state index is 0.176. The van der Waals surface area contributed by atoms with Crippen LogP contribution in [0.5, 0.6) is 0 Å². The third kappa shape index (κ3) is 3.26. The molecule has 2 unspecified atom stereocenters. The van der Waals surface area contributed by atoms with E-state index >= 15 is 0 Å². The van der Waals surface area contributed by atoms with E-state index in [1.54, 1.807) is 0 Å². The van der Waals surface area contributed by atoms with Crippen molar-refractivity contribution in [2.75, 3.05) is 17.6 Å². The van der Waals surface area contributed by atoms with Crippen molar-refractivity contribution in [3.05, 3.63) is 12.7 Å². The zero-order valence-electron chi connectivity index (χ0n) is 12.1. The summed E-state index contributed by atoms with van der Waals surface area (Å²) < 4.78 is 1.46. The van der Waals surface area contributed by atoms with Crippen molar-refractivity contribution in [2.45, 2.75) is 32.6 Å². The Morgan fingerprint density at radius 1 is 1.29 bits per heavy atom. The molecule has 2 heterocycles. The Labute approximate surface area is 123 Å². The molecular weight excluding hydrogens is 268 g/mol. The van der Waals surface area contributed by atoms with Crippen molar-refractivity contribution in [1.82, 2.24) is 29.7 Å². The normalized spacial score (nSPS) is 22.1. The second-order valence-corrected chi connectivity index (χ2v) is 5.56. The number of nitrogens with two attached hydrogens (primary N) is 1. The first kappa shape index (κ1) is 13.7. The van der Waals surface area contributed by atoms with Crippen LogP contribution < -0.4 is 11.1 Å². The maximum absolute atomic E-state index is 5.74. The number of nitrogens with zero attached hydrogens (tertiary/aromatic N) is 6. The molecule has 0 amide bonds. The molecule has 2 aromatic rings. The summed E-state index contributed by atoms with van der Waals surface area (Å²) in [7, 11) is 0. The van der Waals surface area contributed by atoms with Gasteiger partial charge in [-0.1, -0.05) is 26.2 Å². The highest BCUT2D eigenvalue weighted by atomic mass is 15.4. The van der Waals surface area contributed by atoms with E-state index in [1.165, 1.54) is 43.0 Å². The van der Waals surface area contributed by atoms with Crippen LogP contribution in [0.3, 0.4) is 0 Å². The van der Waals surface area contributed by atoms with Gasteiger partial charge in [0.05, 0.1) is 0 Å². The number of rotatable bonds is 4. The van der Waals surface area contributed by atoms with Gasteiger partial charge in [0, 0.05) is 6.54 Å². The first-order chi connectivity index (χ1) is 10.2. The Kier molecular flexibility index (Phi) is 3.94. The zero-order chi connectivity index (χ0) is 14.7. The van der Waals surface area contributed by atoms with Crippen molar-refractivity contribution in [2.24, 2.45) is 11.8 Å². The fourth-order valence-corrected chi connectivity index (χ4v) is 2.79. The van der Waals surface area contributed by atoms with Gasteiger partial charge in [0.25, 0.3) is 5.95 Å². The van der Waals surface area contributed by atoms with Crippen LogP contribution in [0.15, 0.2) is 12.7 Å². The maximum atomic E-state index is 5.74. The fraction of sp³-hybridized carbons (Fsp3) is 0.615. The van der Waals surface area contributed by atoms with Crippen molar-refractivity contribution in [1.29, 1.82) is 0 Å². The summed E-state index contributed by atoms with van der Waals surface area (Å²) in [5, 5.41) is 7.28. The number of anilines is 2. The van der Waals surface area contributed by atoms with E-state index in [9.17, 15) is 0 Å². The molecule has 0 bridgehead atoms. The van der Waals surface area contributed by atoms with Gasteiger partial charge in [-0.2, -0.15) is 24.7 Å². The lowest BCUT2D eigenvalue weighted by Crippen LogP contribution is -2.25. The molecule has 8 nitrogen and oxygen atoms in total. The molecule has 3 N–H and O–H groups in total. The number of hydrogen-bond acceptors (Lipinski definition) is 7. The van der Waals surface area contributed by atoms with E-state index in [2.05, 4.69) is 37.3 Å². The van der Waals surface area contributed by atoms with Crippen molar-refractivity contribution in [3.63, 3.8) is 0 Å². The molecule has 0 spiro atoms. The summed E-state index contributed by atoms with van der Waals surface area (Å²) in [6.07, 6.45) is 8.16. The summed E-state index contributed by atoms with van der Waals surface area (Å²) in [6.45, 7) is 3.18. The first-order valence-corrected chi connectivity index (χ1v) is 7.33. The highest BCUT2D eigenvalue weighted by Gasteiger charge is 2.21. The Balaban J connectivity index is 1.70. The van der Waals surface area contributed by atoms with E-state index in [-0.39, 0.29) is 5.95 Å². The molecule has 0 aromatic carbocycles. The molecule has 1 aliphatic rings. The molecule has 21 heavy (non-hydrogen) atoms. The number of nitrogens with one attached hydrogen (secondary N) is 1. The molecule has 2 atom stereocenters. The van der Waals surface area contributed by atoms with Crippen LogP contribution in [0.1, 0.15) is 32.6 Å². The highest BCUT2D eigenvalue weighted by Crippen LogP contribution is 2.29. The third-order valence-corrected chi connectivity index (χ3v) is 4.08. The Morgan fingerprint density at radius 3 is 2.90 bits per heavy atom. The number of aromatic nitrogens is 6. The lowest BCUT2D eigenvalue weighted by molar-refractivity contribution is 0.268. The molecule has 8 heteroatoms. The largest absolute Gasteiger partial charge is 0.368 e. The van der Waals surface area contributed by atoms with Gasteiger partial charge in [0.15, 0.2) is 0 Å². The Hall–Kier alpha value is -2.25. The monoisotopic (exact) mass is 288 g/mol. The van der Waals surface area contributed by atoms with E-state index in [4.69, 9.17) is 5.73 Å². The molecule has 1 aliphatic carbocycles. The second-order valence-electron chi connectivity index (χ2n) is 5.56. The SMILES string of the molecule is CC1CCCCC1CNc1nc(N)nc(-n2cncn2)n1. The predicted molar refractivity (Wildman–Crippen MR) is 78.8 cm³/mol. The summed E-state index contributed by atoms with van der Waals surface area (Å²) in [6, 6.07) is 0. The average Bonchev–Trinajstić information content (AvgIpc) is 3.00. The molecule has 0 saturated heterocycles. The fourth-order valence-electron chi connectivity index (χ4n) is 2.79. The molecule has 112 valence electrons. The van der Waals surface area contributed by atoms with Crippen LogP contribution in [-0.2, 0) is 0 Å². The molecule has 1 saturated carbocycles. The lowest BCUT2D eigenvalue weighted by atomic mass is 9.80. The average molecular weight is 288 g/mol. The van der Waals surface area contributed by atoms with Gasteiger partial charge in [-0.25, -0.2) is 4.98 Å². The molecular formula is C13H20N8. The van der Waals surface area contributed by atoms with Crippen LogP contribution in [-0.4, -0.2) is 36.3 Å². The zero-order valence-corrected chi connectivity index (χ0v) is 12.1. The Morgan fingerprint density at radius 2 is 2.14 bits per heavy atom. The predicted octanol–water partition coefficient (Wildman–Crippen LogP) is 1.27. The van der Waals surface area contributed by atoms with E-state index in [1.807, 2.05) is 0 Å². The van der Waals surface area contributed by atoms with Gasteiger partial charge < -0.3 is 11.1 Å². The molecule has 3 rings (SSSR count). The van der Waals surface area contributed by atoms with Gasteiger partial charge in [-0.05, 0) is 18.3 Å². The van der Waals surface area contributed by atoms with E-state index in [0.29, 0.717) is 17.8 Å². The summed E-state index contributed by atoms with van der Waals surface area (Å²) in [5.74, 6) is 2.44. The smallest absolute Gasteiger partial charge is 0.258 e. The summed E-state index contributed by atoms with van der Waals surface area (Å²) in [4.78, 5) is 16.4. The standard InChI is InChI=1S/C13H20N8/c1-9-4-2-3-5-10(9)6-16-12-18-11(14)19-13(20-12)21-8-15-7-17-21/h7-10H,2-6H2,1H3,(H3,14,16,18,19,20). The maximum Gasteiger partial charge on any atom is 0.258 e. The van der Waals surface area contributed by atoms with Gasteiger partial charge in [0.1, 0.15) is 12.7 Å². The minimum Gasteiger partial charge on any atom is -0.368 e. The van der Waals surface area contributed by atoms with E-state index < -0.39 is 0 Å². The van der Waals surface area contributed by atoms with Crippen molar-refractivity contribution in [3.8, 4) is 5.95 Å². The van der Waals surface area contributed by atoms with Crippen molar-refractivity contribution < 1.29 is 0 Å². The summed E-state index contributed by atoms with van der Waals surface area (Å²) in [5.41, 5.74) is 5.74. The van der Waals surface area contributed by atoms with Crippen LogP contribution >= 0.6 is 0 Å². The molecule has 1 fully saturated rings. The Bertz CT molecular complexity index is 582. The quantitative estimate of drug-likeness (QED) is 0.872. The lowest BCUT2D eigenvalue weighted by Gasteiger charge is -2.28. The third-order valence-electron chi connectivity index (χ3n) is 4.08. The first-order valence-electron chi connectivity index (χ1n) is 7.33. The highest BCUT2D eigenvalue weighted by molar-refractivity contribution is 5.34. The van der Waals surface area contributed by atoms with Gasteiger partial charge in [0.2, 0.25) is 11.9 Å².